The Morgan fingerprint density at radius 2 is 2.60 bits per heavy atom. The summed E-state index contributed by atoms with van der Waals surface area (Å²) in [6, 6.07) is 0. The molecule has 0 bridgehead atoms. The van der Waals surface area contributed by atoms with Crippen LogP contribution in [0.25, 0.3) is 0 Å². The average molecular weight is 156 g/mol. The number of hydrogen-bond acceptors (Lipinski definition) is 4. The summed E-state index contributed by atoms with van der Waals surface area (Å²) in [5, 5.41) is 0. The largest absolute Gasteiger partial charge is 0.299 e. The Hall–Kier alpha value is -0.770. The fraction of sp³-hybridized carbons (Fsp3) is 0.500. The molecule has 0 spiro atoms. The van der Waals surface area contributed by atoms with Crippen LogP contribution < -0.4 is 0 Å². The van der Waals surface area contributed by atoms with Gasteiger partial charge in [-0.05, 0) is 0 Å². The Morgan fingerprint density at radius 3 is 3.10 bits per heavy atom. The molecule has 0 saturated carbocycles. The first-order valence-electron chi connectivity index (χ1n) is 3.11. The Bertz CT molecular complexity index is 208. The normalized spacial score (nSPS) is 9.70. The smallest absolute Gasteiger partial charge is 0.138 e. The molecule has 1 heterocycles. The molecule has 0 unspecified atom stereocenters. The number of carbonyl (C=O) groups is 1. The van der Waals surface area contributed by atoms with Gasteiger partial charge in [0.2, 0.25) is 0 Å². The third-order valence-corrected chi connectivity index (χ3v) is 1.70. The highest BCUT2D eigenvalue weighted by Gasteiger charge is 2.01. The number of carbonyl (C=O) groups excluding carboxylic acids is 1. The van der Waals surface area contributed by atoms with Crippen molar-refractivity contribution in [3.63, 3.8) is 0 Å². The molecule has 0 aliphatic rings. The summed E-state index contributed by atoms with van der Waals surface area (Å²) < 4.78 is 7.70. The molecular formula is C6H8N2OS. The van der Waals surface area contributed by atoms with E-state index in [9.17, 15) is 4.79 Å². The van der Waals surface area contributed by atoms with Crippen molar-refractivity contribution < 1.29 is 4.79 Å². The zero-order valence-electron chi connectivity index (χ0n) is 5.70. The Labute approximate surface area is 63.4 Å². The van der Waals surface area contributed by atoms with Gasteiger partial charge in [0.05, 0.1) is 30.0 Å². The lowest BCUT2D eigenvalue weighted by Gasteiger charge is -1.88. The summed E-state index contributed by atoms with van der Waals surface area (Å²) in [6.45, 7) is 1.85. The molecule has 1 aromatic heterocycles. The summed E-state index contributed by atoms with van der Waals surface area (Å²) in [5.74, 6) is 0.215. The summed E-state index contributed by atoms with van der Waals surface area (Å²) in [7, 11) is 0. The van der Waals surface area contributed by atoms with E-state index in [4.69, 9.17) is 0 Å². The minimum Gasteiger partial charge on any atom is -0.299 e. The molecule has 4 heteroatoms. The van der Waals surface area contributed by atoms with Crippen molar-refractivity contribution in [2.24, 2.45) is 0 Å². The quantitative estimate of drug-likeness (QED) is 0.657. The van der Waals surface area contributed by atoms with Crippen molar-refractivity contribution in [1.82, 2.24) is 8.75 Å². The first-order valence-corrected chi connectivity index (χ1v) is 3.84. The minimum absolute atomic E-state index is 0.215. The van der Waals surface area contributed by atoms with E-state index in [2.05, 4.69) is 8.75 Å². The zero-order valence-corrected chi connectivity index (χ0v) is 6.52. The number of Topliss-reactive ketones (excluding diaryl/α,β-unsaturated/α-hetero) is 1. The molecule has 0 fully saturated rings. The van der Waals surface area contributed by atoms with E-state index < -0.39 is 0 Å². The van der Waals surface area contributed by atoms with E-state index in [0.29, 0.717) is 12.8 Å². The summed E-state index contributed by atoms with van der Waals surface area (Å²) in [5.41, 5.74) is 0.789. The van der Waals surface area contributed by atoms with E-state index in [1.807, 2.05) is 6.92 Å². The molecule has 3 nitrogen and oxygen atoms in total. The minimum atomic E-state index is 0.215. The van der Waals surface area contributed by atoms with Gasteiger partial charge in [0.1, 0.15) is 5.78 Å². The van der Waals surface area contributed by atoms with Crippen LogP contribution in [0.4, 0.5) is 0 Å². The van der Waals surface area contributed by atoms with E-state index in [0.717, 1.165) is 17.4 Å². The summed E-state index contributed by atoms with van der Waals surface area (Å²) in [6.07, 6.45) is 2.66. The zero-order chi connectivity index (χ0) is 7.40. The fourth-order valence-corrected chi connectivity index (χ4v) is 1.02. The van der Waals surface area contributed by atoms with E-state index in [-0.39, 0.29) is 5.78 Å². The number of nitrogens with zero attached hydrogens (tertiary/aromatic N) is 2. The Kier molecular flexibility index (Phi) is 2.50. The molecule has 10 heavy (non-hydrogen) atoms. The molecule has 1 rings (SSSR count). The molecule has 0 N–H and O–H groups in total. The molecule has 0 amide bonds. The molecule has 0 saturated heterocycles. The van der Waals surface area contributed by atoms with Crippen LogP contribution in [0.15, 0.2) is 6.20 Å². The molecular weight excluding hydrogens is 148 g/mol. The van der Waals surface area contributed by atoms with Crippen molar-refractivity contribution >= 4 is 17.5 Å². The average Bonchev–Trinajstić information content (AvgIpc) is 2.40. The van der Waals surface area contributed by atoms with Crippen LogP contribution in [0.2, 0.25) is 0 Å². The van der Waals surface area contributed by atoms with Gasteiger partial charge in [-0.3, -0.25) is 4.79 Å². The monoisotopic (exact) mass is 156 g/mol. The maximum absolute atomic E-state index is 10.8. The molecule has 54 valence electrons. The molecule has 0 radical (unpaired) electrons. The van der Waals surface area contributed by atoms with Gasteiger partial charge in [-0.15, -0.1) is 0 Å². The van der Waals surface area contributed by atoms with Gasteiger partial charge in [0.25, 0.3) is 0 Å². The standard InChI is InChI=1S/C6H8N2OS/c1-2-6(9)3-5-4-7-10-8-5/h4H,2-3H2,1H3. The lowest BCUT2D eigenvalue weighted by molar-refractivity contribution is -0.118. The Balaban J connectivity index is 2.48. The van der Waals surface area contributed by atoms with Gasteiger partial charge >= 0.3 is 0 Å². The van der Waals surface area contributed by atoms with Crippen molar-refractivity contribution in [2.45, 2.75) is 19.8 Å². The second kappa shape index (κ2) is 3.41. The van der Waals surface area contributed by atoms with Crippen LogP contribution in [0.1, 0.15) is 19.0 Å². The maximum Gasteiger partial charge on any atom is 0.138 e. The third-order valence-electron chi connectivity index (χ3n) is 1.18. The van der Waals surface area contributed by atoms with E-state index in [1.165, 1.54) is 0 Å². The van der Waals surface area contributed by atoms with Crippen molar-refractivity contribution in [3.05, 3.63) is 11.9 Å². The van der Waals surface area contributed by atoms with Crippen LogP contribution in [-0.2, 0) is 11.2 Å². The van der Waals surface area contributed by atoms with E-state index in [1.54, 1.807) is 6.20 Å². The number of hydrogen-bond donors (Lipinski definition) is 0. The van der Waals surface area contributed by atoms with Crippen LogP contribution in [0.5, 0.6) is 0 Å². The first-order chi connectivity index (χ1) is 4.83. The number of ketones is 1. The van der Waals surface area contributed by atoms with Crippen LogP contribution in [-0.4, -0.2) is 14.5 Å². The SMILES string of the molecule is CCC(=O)Cc1cnsn1. The van der Waals surface area contributed by atoms with Gasteiger partial charge < -0.3 is 0 Å². The van der Waals surface area contributed by atoms with Gasteiger partial charge in [0.15, 0.2) is 0 Å². The second-order valence-electron chi connectivity index (χ2n) is 1.97. The van der Waals surface area contributed by atoms with Crippen LogP contribution in [0.3, 0.4) is 0 Å². The first kappa shape index (κ1) is 7.34. The highest BCUT2D eigenvalue weighted by molar-refractivity contribution is 6.99. The number of aromatic nitrogens is 2. The molecule has 1 aromatic rings. The van der Waals surface area contributed by atoms with Gasteiger partial charge in [-0.2, -0.15) is 8.75 Å². The molecule has 0 atom stereocenters. The van der Waals surface area contributed by atoms with Gasteiger partial charge in [-0.25, -0.2) is 0 Å². The van der Waals surface area contributed by atoms with Crippen LogP contribution in [0, 0.1) is 0 Å². The van der Waals surface area contributed by atoms with Crippen molar-refractivity contribution in [1.29, 1.82) is 0 Å². The third kappa shape index (κ3) is 1.88. The van der Waals surface area contributed by atoms with Crippen molar-refractivity contribution in [3.8, 4) is 0 Å². The van der Waals surface area contributed by atoms with Gasteiger partial charge in [0, 0.05) is 6.42 Å². The lowest BCUT2D eigenvalue weighted by atomic mass is 10.2. The maximum atomic E-state index is 10.8. The Morgan fingerprint density at radius 1 is 1.80 bits per heavy atom. The highest BCUT2D eigenvalue weighted by atomic mass is 32.1. The molecule has 0 aliphatic heterocycles. The van der Waals surface area contributed by atoms with Gasteiger partial charge in [-0.1, -0.05) is 6.92 Å². The fourth-order valence-electron chi connectivity index (χ4n) is 0.589. The molecule has 0 aliphatic carbocycles. The highest BCUT2D eigenvalue weighted by Crippen LogP contribution is 1.98. The lowest BCUT2D eigenvalue weighted by Crippen LogP contribution is -1.99. The second-order valence-corrected chi connectivity index (χ2v) is 2.52. The van der Waals surface area contributed by atoms with E-state index >= 15 is 0 Å². The predicted molar refractivity (Wildman–Crippen MR) is 38.9 cm³/mol. The topological polar surface area (TPSA) is 42.9 Å². The number of rotatable bonds is 3. The summed E-state index contributed by atoms with van der Waals surface area (Å²) in [4.78, 5) is 10.8. The predicted octanol–water partition coefficient (Wildman–Crippen LogP) is 1.06. The summed E-state index contributed by atoms with van der Waals surface area (Å²) >= 11 is 1.14. The molecule has 0 aromatic carbocycles. The van der Waals surface area contributed by atoms with Crippen LogP contribution >= 0.6 is 11.7 Å². The van der Waals surface area contributed by atoms with Crippen molar-refractivity contribution in [2.75, 3.05) is 0 Å².